The summed E-state index contributed by atoms with van der Waals surface area (Å²) < 4.78 is 35.3. The van der Waals surface area contributed by atoms with Gasteiger partial charge in [-0.25, -0.2) is 8.78 Å². The highest BCUT2D eigenvalue weighted by atomic mass is 79.9. The molecule has 1 saturated heterocycles. The number of esters is 1. The van der Waals surface area contributed by atoms with Gasteiger partial charge in [-0.1, -0.05) is 31.9 Å². The molecule has 0 radical (unpaired) electrons. The van der Waals surface area contributed by atoms with E-state index in [2.05, 4.69) is 31.9 Å². The van der Waals surface area contributed by atoms with Gasteiger partial charge >= 0.3 is 5.97 Å². The van der Waals surface area contributed by atoms with Crippen LogP contribution in [-0.4, -0.2) is 11.6 Å². The largest absolute Gasteiger partial charge is 0.455 e. The Bertz CT molecular complexity index is 884. The first-order valence-electron chi connectivity index (χ1n) is 7.55. The molecule has 2 aromatic carbocycles. The molecule has 3 rings (SSSR count). The van der Waals surface area contributed by atoms with E-state index in [1.165, 1.54) is 0 Å². The van der Waals surface area contributed by atoms with Crippen molar-refractivity contribution in [2.75, 3.05) is 0 Å². The molecule has 0 atom stereocenters. The number of ether oxygens (including phenoxy) is 1. The minimum atomic E-state index is -0.903. The van der Waals surface area contributed by atoms with E-state index < -0.39 is 17.2 Å². The molecule has 2 aromatic rings. The Kier molecular flexibility index (Phi) is 4.86. The highest BCUT2D eigenvalue weighted by Crippen LogP contribution is 2.42. The van der Waals surface area contributed by atoms with Crippen molar-refractivity contribution in [2.24, 2.45) is 0 Å². The second-order valence-electron chi connectivity index (χ2n) is 6.30. The monoisotopic (exact) mass is 470 g/mol. The average Bonchev–Trinajstić information content (AvgIpc) is 2.75. The first-order valence-corrected chi connectivity index (χ1v) is 9.13. The number of benzene rings is 2. The minimum absolute atomic E-state index is 0.0302. The Balaban J connectivity index is 2.37. The van der Waals surface area contributed by atoms with Crippen LogP contribution in [0.2, 0.25) is 0 Å². The van der Waals surface area contributed by atoms with Gasteiger partial charge in [0.05, 0.1) is 6.42 Å². The van der Waals surface area contributed by atoms with Crippen molar-refractivity contribution in [3.05, 3.63) is 73.7 Å². The molecule has 0 N–H and O–H groups in total. The van der Waals surface area contributed by atoms with E-state index in [4.69, 9.17) is 4.74 Å². The van der Waals surface area contributed by atoms with Crippen LogP contribution in [0, 0.1) is 11.6 Å². The van der Waals surface area contributed by atoms with Gasteiger partial charge in [-0.05, 0) is 67.0 Å². The van der Waals surface area contributed by atoms with Crippen molar-refractivity contribution in [1.82, 2.24) is 0 Å². The smallest absolute Gasteiger partial charge is 0.310 e. The first-order chi connectivity index (χ1) is 11.7. The number of hydrogen-bond acceptors (Lipinski definition) is 2. The van der Waals surface area contributed by atoms with Gasteiger partial charge in [-0.15, -0.1) is 0 Å². The summed E-state index contributed by atoms with van der Waals surface area (Å²) >= 11 is 6.83. The lowest BCUT2D eigenvalue weighted by molar-refractivity contribution is -0.145. The molecule has 0 amide bonds. The summed E-state index contributed by atoms with van der Waals surface area (Å²) in [6.07, 6.45) is 0.0302. The molecule has 6 heteroatoms. The zero-order valence-corrected chi connectivity index (χ0v) is 16.7. The van der Waals surface area contributed by atoms with Gasteiger partial charge in [0.1, 0.15) is 17.2 Å². The third kappa shape index (κ3) is 3.70. The van der Waals surface area contributed by atoms with E-state index in [0.29, 0.717) is 16.7 Å². The van der Waals surface area contributed by atoms with Crippen molar-refractivity contribution < 1.29 is 18.3 Å². The molecule has 130 valence electrons. The number of carbonyl (C=O) groups excluding carboxylic acids is 1. The Morgan fingerprint density at radius 3 is 2.28 bits per heavy atom. The van der Waals surface area contributed by atoms with Crippen LogP contribution in [-0.2, 0) is 9.53 Å². The standard InChI is InChI=1S/C19H14Br2F2O2/c1-19(2)15(9-17(24)25-19)18(10-5-11(20)7-12(21)6-10)14-8-13(22)3-4-16(14)23/h3-8H,9H2,1-2H3/b18-15+. The van der Waals surface area contributed by atoms with Crippen LogP contribution >= 0.6 is 31.9 Å². The van der Waals surface area contributed by atoms with Crippen LogP contribution in [0.5, 0.6) is 0 Å². The van der Waals surface area contributed by atoms with Crippen molar-refractivity contribution in [2.45, 2.75) is 25.9 Å². The Hall–Kier alpha value is -1.53. The summed E-state index contributed by atoms with van der Waals surface area (Å²) in [5, 5.41) is 0. The molecule has 0 aliphatic carbocycles. The second kappa shape index (κ2) is 6.65. The topological polar surface area (TPSA) is 26.3 Å². The molecule has 0 saturated carbocycles. The molecule has 0 unspecified atom stereocenters. The maximum atomic E-state index is 14.6. The molecule has 1 aliphatic heterocycles. The fourth-order valence-electron chi connectivity index (χ4n) is 3.01. The maximum absolute atomic E-state index is 14.6. The average molecular weight is 472 g/mol. The van der Waals surface area contributed by atoms with E-state index in [9.17, 15) is 13.6 Å². The molecule has 2 nitrogen and oxygen atoms in total. The zero-order chi connectivity index (χ0) is 18.4. The van der Waals surface area contributed by atoms with Gasteiger partial charge in [0, 0.05) is 14.5 Å². The van der Waals surface area contributed by atoms with Gasteiger partial charge in [0.2, 0.25) is 0 Å². The predicted molar refractivity (Wildman–Crippen MR) is 99.0 cm³/mol. The Morgan fingerprint density at radius 2 is 1.72 bits per heavy atom. The van der Waals surface area contributed by atoms with E-state index in [1.54, 1.807) is 26.0 Å². The van der Waals surface area contributed by atoms with Crippen LogP contribution in [0.3, 0.4) is 0 Å². The SMILES string of the molecule is CC1(C)OC(=O)C/C1=C(/c1cc(Br)cc(Br)c1)c1cc(F)ccc1F. The highest BCUT2D eigenvalue weighted by molar-refractivity contribution is 9.11. The lowest BCUT2D eigenvalue weighted by Crippen LogP contribution is -2.22. The molecule has 0 bridgehead atoms. The number of rotatable bonds is 2. The molecule has 25 heavy (non-hydrogen) atoms. The summed E-state index contributed by atoms with van der Waals surface area (Å²) in [5.74, 6) is -1.50. The fraction of sp³-hybridized carbons (Fsp3) is 0.211. The predicted octanol–water partition coefficient (Wildman–Crippen LogP) is 6.02. The number of carbonyl (C=O) groups is 1. The van der Waals surface area contributed by atoms with Crippen molar-refractivity contribution in [3.63, 3.8) is 0 Å². The minimum Gasteiger partial charge on any atom is -0.455 e. The van der Waals surface area contributed by atoms with E-state index in [-0.39, 0.29) is 18.0 Å². The third-order valence-corrected chi connectivity index (χ3v) is 4.98. The Morgan fingerprint density at radius 1 is 1.08 bits per heavy atom. The molecule has 0 aromatic heterocycles. The summed E-state index contributed by atoms with van der Waals surface area (Å²) in [6.45, 7) is 3.49. The summed E-state index contributed by atoms with van der Waals surface area (Å²) in [7, 11) is 0. The normalized spacial score (nSPS) is 18.2. The maximum Gasteiger partial charge on any atom is 0.310 e. The zero-order valence-electron chi connectivity index (χ0n) is 13.5. The van der Waals surface area contributed by atoms with Crippen molar-refractivity contribution >= 4 is 43.4 Å². The van der Waals surface area contributed by atoms with Gasteiger partial charge in [0.25, 0.3) is 0 Å². The lowest BCUT2D eigenvalue weighted by Gasteiger charge is -2.23. The van der Waals surface area contributed by atoms with Gasteiger partial charge in [-0.3, -0.25) is 4.79 Å². The van der Waals surface area contributed by atoms with Crippen LogP contribution in [0.25, 0.3) is 5.57 Å². The van der Waals surface area contributed by atoms with Crippen LogP contribution < -0.4 is 0 Å². The van der Waals surface area contributed by atoms with Crippen LogP contribution in [0.1, 0.15) is 31.4 Å². The van der Waals surface area contributed by atoms with Crippen LogP contribution in [0.4, 0.5) is 8.78 Å². The van der Waals surface area contributed by atoms with Gasteiger partial charge in [-0.2, -0.15) is 0 Å². The number of halogens is 4. The molecular formula is C19H14Br2F2O2. The summed E-state index contributed by atoms with van der Waals surface area (Å²) in [4.78, 5) is 11.9. The van der Waals surface area contributed by atoms with Crippen molar-refractivity contribution in [3.8, 4) is 0 Å². The summed E-state index contributed by atoms with van der Waals surface area (Å²) in [5.41, 5.74) is 0.945. The van der Waals surface area contributed by atoms with Crippen molar-refractivity contribution in [1.29, 1.82) is 0 Å². The van der Waals surface area contributed by atoms with E-state index in [0.717, 1.165) is 27.1 Å². The molecule has 0 spiro atoms. The van der Waals surface area contributed by atoms with Crippen LogP contribution in [0.15, 0.2) is 50.9 Å². The fourth-order valence-corrected chi connectivity index (χ4v) is 4.30. The quantitative estimate of drug-likeness (QED) is 0.501. The number of cyclic esters (lactones) is 1. The highest BCUT2D eigenvalue weighted by Gasteiger charge is 2.39. The molecular weight excluding hydrogens is 458 g/mol. The van der Waals surface area contributed by atoms with Gasteiger partial charge in [0.15, 0.2) is 0 Å². The molecule has 1 fully saturated rings. The Labute approximate surface area is 161 Å². The lowest BCUT2D eigenvalue weighted by atomic mass is 9.85. The number of hydrogen-bond donors (Lipinski definition) is 0. The second-order valence-corrected chi connectivity index (χ2v) is 8.13. The van der Waals surface area contributed by atoms with E-state index >= 15 is 0 Å². The molecule has 1 aliphatic rings. The third-order valence-electron chi connectivity index (χ3n) is 4.07. The summed E-state index contributed by atoms with van der Waals surface area (Å²) in [6, 6.07) is 8.75. The van der Waals surface area contributed by atoms with E-state index in [1.807, 2.05) is 6.07 Å². The molecule has 1 heterocycles. The van der Waals surface area contributed by atoms with Gasteiger partial charge < -0.3 is 4.74 Å². The first kappa shape index (κ1) is 18.3.